The second-order valence-electron chi connectivity index (χ2n) is 2.85. The maximum atomic E-state index is 12.6. The predicted molar refractivity (Wildman–Crippen MR) is 51.8 cm³/mol. The zero-order valence-corrected chi connectivity index (χ0v) is 7.75. The van der Waals surface area contributed by atoms with Gasteiger partial charge < -0.3 is 5.32 Å². The van der Waals surface area contributed by atoms with Crippen LogP contribution in [-0.4, -0.2) is 5.91 Å². The highest BCUT2D eigenvalue weighted by Gasteiger charge is 2.08. The third-order valence-electron chi connectivity index (χ3n) is 1.72. The van der Waals surface area contributed by atoms with Gasteiger partial charge in [-0.2, -0.15) is 0 Å². The quantitative estimate of drug-likeness (QED) is 0.707. The number of benzene rings is 1. The van der Waals surface area contributed by atoms with Gasteiger partial charge in [-0.3, -0.25) is 4.79 Å². The molecule has 0 saturated carbocycles. The van der Waals surface area contributed by atoms with Crippen LogP contribution in [0.5, 0.6) is 0 Å². The highest BCUT2D eigenvalue weighted by Crippen LogP contribution is 2.12. The van der Waals surface area contributed by atoms with Crippen LogP contribution in [0, 0.1) is 18.2 Å². The van der Waals surface area contributed by atoms with Gasteiger partial charge in [0.25, 0.3) is 0 Å². The minimum Gasteiger partial charge on any atom is -0.339 e. The van der Waals surface area contributed by atoms with E-state index in [4.69, 9.17) is 6.42 Å². The first kappa shape index (κ1) is 10.3. The van der Waals surface area contributed by atoms with Crippen molar-refractivity contribution in [1.82, 2.24) is 5.32 Å². The van der Waals surface area contributed by atoms with Gasteiger partial charge in [-0.25, -0.2) is 4.39 Å². The van der Waals surface area contributed by atoms with Crippen molar-refractivity contribution >= 4 is 5.91 Å². The topological polar surface area (TPSA) is 29.1 Å². The van der Waals surface area contributed by atoms with E-state index in [0.717, 1.165) is 0 Å². The molecule has 0 heterocycles. The SMILES string of the molecule is C#CC(NC(C)=O)c1ccc(F)cc1. The second kappa shape index (κ2) is 4.43. The number of hydrogen-bond donors (Lipinski definition) is 1. The summed E-state index contributed by atoms with van der Waals surface area (Å²) in [5.41, 5.74) is 0.698. The van der Waals surface area contributed by atoms with E-state index in [1.54, 1.807) is 12.1 Å². The Morgan fingerprint density at radius 3 is 2.50 bits per heavy atom. The van der Waals surface area contributed by atoms with Crippen LogP contribution in [0.1, 0.15) is 18.5 Å². The number of hydrogen-bond acceptors (Lipinski definition) is 1. The van der Waals surface area contributed by atoms with Crippen molar-refractivity contribution in [1.29, 1.82) is 0 Å². The summed E-state index contributed by atoms with van der Waals surface area (Å²) in [5, 5.41) is 2.57. The van der Waals surface area contributed by atoms with E-state index in [9.17, 15) is 9.18 Å². The van der Waals surface area contributed by atoms with Crippen LogP contribution in [0.2, 0.25) is 0 Å². The lowest BCUT2D eigenvalue weighted by Gasteiger charge is -2.11. The molecule has 0 aliphatic carbocycles. The summed E-state index contributed by atoms with van der Waals surface area (Å²) in [6.07, 6.45) is 5.23. The Hall–Kier alpha value is -1.82. The normalized spacial score (nSPS) is 11.5. The van der Waals surface area contributed by atoms with Gasteiger partial charge in [0, 0.05) is 6.92 Å². The third kappa shape index (κ3) is 2.60. The molecule has 1 N–H and O–H groups in total. The Kier molecular flexibility index (Phi) is 3.24. The number of amides is 1. The van der Waals surface area contributed by atoms with E-state index in [1.807, 2.05) is 0 Å². The van der Waals surface area contributed by atoms with Crippen LogP contribution in [0.3, 0.4) is 0 Å². The monoisotopic (exact) mass is 191 g/mol. The Morgan fingerprint density at radius 2 is 2.07 bits per heavy atom. The molecule has 0 aromatic heterocycles. The number of halogens is 1. The summed E-state index contributed by atoms with van der Waals surface area (Å²) >= 11 is 0. The van der Waals surface area contributed by atoms with E-state index in [0.29, 0.717) is 5.56 Å². The van der Waals surface area contributed by atoms with Crippen molar-refractivity contribution in [2.24, 2.45) is 0 Å². The fourth-order valence-electron chi connectivity index (χ4n) is 1.08. The molecule has 0 spiro atoms. The zero-order valence-electron chi connectivity index (χ0n) is 7.75. The van der Waals surface area contributed by atoms with Crippen molar-refractivity contribution in [2.75, 3.05) is 0 Å². The number of carbonyl (C=O) groups excluding carboxylic acids is 1. The van der Waals surface area contributed by atoms with E-state index in [1.165, 1.54) is 19.1 Å². The fraction of sp³-hybridized carbons (Fsp3) is 0.182. The summed E-state index contributed by atoms with van der Waals surface area (Å²) in [6.45, 7) is 1.38. The molecule has 2 nitrogen and oxygen atoms in total. The molecular weight excluding hydrogens is 181 g/mol. The van der Waals surface area contributed by atoms with E-state index in [2.05, 4.69) is 11.2 Å². The second-order valence-corrected chi connectivity index (χ2v) is 2.85. The van der Waals surface area contributed by atoms with Gasteiger partial charge >= 0.3 is 0 Å². The minimum absolute atomic E-state index is 0.211. The van der Waals surface area contributed by atoms with Crippen LogP contribution in [-0.2, 0) is 4.79 Å². The molecule has 3 heteroatoms. The molecule has 0 aliphatic rings. The molecule has 1 aromatic rings. The van der Waals surface area contributed by atoms with Gasteiger partial charge in [-0.05, 0) is 17.7 Å². The summed E-state index contributed by atoms with van der Waals surface area (Å²) in [4.78, 5) is 10.8. The van der Waals surface area contributed by atoms with Crippen LogP contribution < -0.4 is 5.32 Å². The number of rotatable bonds is 2. The first-order valence-corrected chi connectivity index (χ1v) is 4.12. The van der Waals surface area contributed by atoms with Gasteiger partial charge in [-0.1, -0.05) is 18.1 Å². The van der Waals surface area contributed by atoms with Crippen LogP contribution in [0.25, 0.3) is 0 Å². The largest absolute Gasteiger partial charge is 0.339 e. The molecule has 0 fully saturated rings. The molecule has 1 rings (SSSR count). The minimum atomic E-state index is -0.493. The highest BCUT2D eigenvalue weighted by atomic mass is 19.1. The fourth-order valence-corrected chi connectivity index (χ4v) is 1.08. The molecule has 1 aromatic carbocycles. The maximum absolute atomic E-state index is 12.6. The molecule has 1 unspecified atom stereocenters. The van der Waals surface area contributed by atoms with Crippen molar-refractivity contribution in [3.05, 3.63) is 35.6 Å². The molecule has 0 aliphatic heterocycles. The first-order valence-electron chi connectivity index (χ1n) is 4.12. The van der Waals surface area contributed by atoms with Gasteiger partial charge in [0.05, 0.1) is 0 Å². The van der Waals surface area contributed by atoms with E-state index < -0.39 is 6.04 Å². The smallest absolute Gasteiger partial charge is 0.218 e. The Labute approximate surface area is 82.1 Å². The Morgan fingerprint density at radius 1 is 1.50 bits per heavy atom. The molecule has 1 amide bonds. The van der Waals surface area contributed by atoms with Gasteiger partial charge in [0.15, 0.2) is 0 Å². The highest BCUT2D eigenvalue weighted by molar-refractivity contribution is 5.74. The third-order valence-corrected chi connectivity index (χ3v) is 1.72. The number of carbonyl (C=O) groups is 1. The summed E-state index contributed by atoms with van der Waals surface area (Å²) in [5.74, 6) is 1.88. The van der Waals surface area contributed by atoms with Gasteiger partial charge in [-0.15, -0.1) is 6.42 Å². The molecule has 0 saturated heterocycles. The van der Waals surface area contributed by atoms with Crippen LogP contribution in [0.15, 0.2) is 24.3 Å². The standard InChI is InChI=1S/C11H10FNO/c1-3-11(13-8(2)14)9-4-6-10(12)7-5-9/h1,4-7,11H,2H3,(H,13,14). The lowest BCUT2D eigenvalue weighted by atomic mass is 10.1. The van der Waals surface area contributed by atoms with E-state index >= 15 is 0 Å². The lowest BCUT2D eigenvalue weighted by molar-refractivity contribution is -0.119. The van der Waals surface area contributed by atoms with Gasteiger partial charge in [0.2, 0.25) is 5.91 Å². The van der Waals surface area contributed by atoms with E-state index in [-0.39, 0.29) is 11.7 Å². The summed E-state index contributed by atoms with van der Waals surface area (Å²) in [6, 6.07) is 5.22. The average Bonchev–Trinajstić information content (AvgIpc) is 2.15. The molecule has 72 valence electrons. The van der Waals surface area contributed by atoms with Gasteiger partial charge in [0.1, 0.15) is 11.9 Å². The molecule has 1 atom stereocenters. The Balaban J connectivity index is 2.85. The van der Waals surface area contributed by atoms with Crippen molar-refractivity contribution in [3.63, 3.8) is 0 Å². The molecule has 0 radical (unpaired) electrons. The maximum Gasteiger partial charge on any atom is 0.218 e. The van der Waals surface area contributed by atoms with Crippen LogP contribution in [0.4, 0.5) is 4.39 Å². The number of nitrogens with one attached hydrogen (secondary N) is 1. The molecular formula is C11H10FNO. The average molecular weight is 191 g/mol. The molecule has 0 bridgehead atoms. The number of terminal acetylenes is 1. The molecule has 14 heavy (non-hydrogen) atoms. The van der Waals surface area contributed by atoms with Crippen molar-refractivity contribution in [2.45, 2.75) is 13.0 Å². The lowest BCUT2D eigenvalue weighted by Crippen LogP contribution is -2.24. The first-order chi connectivity index (χ1) is 6.63. The zero-order chi connectivity index (χ0) is 10.6. The Bertz CT molecular complexity index is 364. The summed E-state index contributed by atoms with van der Waals surface area (Å²) < 4.78 is 12.6. The van der Waals surface area contributed by atoms with Crippen LogP contribution >= 0.6 is 0 Å². The summed E-state index contributed by atoms with van der Waals surface area (Å²) in [7, 11) is 0. The van der Waals surface area contributed by atoms with Crippen molar-refractivity contribution < 1.29 is 9.18 Å². The predicted octanol–water partition coefficient (Wildman–Crippen LogP) is 1.64. The van der Waals surface area contributed by atoms with Crippen molar-refractivity contribution in [3.8, 4) is 12.3 Å².